The highest BCUT2D eigenvalue weighted by Gasteiger charge is 2.16. The van der Waals surface area contributed by atoms with Crippen molar-refractivity contribution in [1.29, 1.82) is 0 Å². The molecule has 90 valence electrons. The van der Waals surface area contributed by atoms with Gasteiger partial charge in [-0.15, -0.1) is 0 Å². The second-order valence-electron chi connectivity index (χ2n) is 3.62. The van der Waals surface area contributed by atoms with Gasteiger partial charge >= 0.3 is 11.9 Å². The minimum absolute atomic E-state index is 0.0376. The first kappa shape index (κ1) is 14.3. The van der Waals surface area contributed by atoms with Crippen molar-refractivity contribution in [3.8, 4) is 0 Å². The molecule has 0 aromatic carbocycles. The Bertz CT molecular complexity index is 305. The Morgan fingerprint density at radius 1 is 1.31 bits per heavy atom. The zero-order valence-electron chi connectivity index (χ0n) is 9.49. The van der Waals surface area contributed by atoms with Gasteiger partial charge in [0.25, 0.3) is 0 Å². The van der Waals surface area contributed by atoms with Gasteiger partial charge in [0.2, 0.25) is 0 Å². The minimum Gasteiger partial charge on any atom is -0.481 e. The first-order valence-corrected chi connectivity index (χ1v) is 4.91. The van der Waals surface area contributed by atoms with Crippen LogP contribution in [0.15, 0.2) is 12.2 Å². The first-order valence-electron chi connectivity index (χ1n) is 4.91. The smallest absolute Gasteiger partial charge is 0.306 e. The third-order valence-corrected chi connectivity index (χ3v) is 1.91. The number of ketones is 1. The average Bonchev–Trinajstić information content (AvgIpc) is 2.21. The molecule has 0 radical (unpaired) electrons. The first-order chi connectivity index (χ1) is 7.34. The number of carboxylic acids is 1. The highest BCUT2D eigenvalue weighted by molar-refractivity contribution is 5.95. The average molecular weight is 228 g/mol. The van der Waals surface area contributed by atoms with Gasteiger partial charge in [-0.1, -0.05) is 13.5 Å². The van der Waals surface area contributed by atoms with Crippen molar-refractivity contribution in [2.75, 3.05) is 6.61 Å². The molecule has 0 spiro atoms. The van der Waals surface area contributed by atoms with E-state index in [0.717, 1.165) is 0 Å². The number of rotatable bonds is 7. The number of hydrogen-bond acceptors (Lipinski definition) is 4. The van der Waals surface area contributed by atoms with Crippen LogP contribution in [0.3, 0.4) is 0 Å². The molecule has 1 unspecified atom stereocenters. The van der Waals surface area contributed by atoms with Gasteiger partial charge in [-0.05, 0) is 12.5 Å². The van der Waals surface area contributed by atoms with Crippen molar-refractivity contribution >= 4 is 17.7 Å². The van der Waals surface area contributed by atoms with E-state index in [1.54, 1.807) is 13.8 Å². The highest BCUT2D eigenvalue weighted by Crippen LogP contribution is 2.05. The van der Waals surface area contributed by atoms with Crippen LogP contribution in [-0.4, -0.2) is 29.4 Å². The SMILES string of the molecule is C=C(C)C(=O)C(C)COC(=O)CCC(=O)O. The molecule has 5 nitrogen and oxygen atoms in total. The molecule has 0 aromatic rings. The quantitative estimate of drug-likeness (QED) is 0.522. The molecule has 0 aliphatic rings. The molecule has 0 rings (SSSR count). The lowest BCUT2D eigenvalue weighted by Crippen LogP contribution is -2.20. The van der Waals surface area contributed by atoms with Gasteiger partial charge in [0.1, 0.15) is 6.61 Å². The van der Waals surface area contributed by atoms with E-state index in [1.165, 1.54) is 0 Å². The summed E-state index contributed by atoms with van der Waals surface area (Å²) >= 11 is 0. The van der Waals surface area contributed by atoms with Crippen molar-refractivity contribution < 1.29 is 24.2 Å². The van der Waals surface area contributed by atoms with Crippen LogP contribution in [0.5, 0.6) is 0 Å². The predicted molar refractivity (Wildman–Crippen MR) is 56.8 cm³/mol. The summed E-state index contributed by atoms with van der Waals surface area (Å²) < 4.78 is 4.76. The molecule has 0 saturated carbocycles. The summed E-state index contributed by atoms with van der Waals surface area (Å²) in [5.41, 5.74) is 0.411. The van der Waals surface area contributed by atoms with Gasteiger partial charge in [-0.2, -0.15) is 0 Å². The maximum absolute atomic E-state index is 11.3. The van der Waals surface area contributed by atoms with Crippen LogP contribution in [0.2, 0.25) is 0 Å². The number of hydrogen-bond donors (Lipinski definition) is 1. The fourth-order valence-corrected chi connectivity index (χ4v) is 0.995. The van der Waals surface area contributed by atoms with E-state index >= 15 is 0 Å². The molecule has 0 saturated heterocycles. The molecule has 0 amide bonds. The molecule has 5 heteroatoms. The Hall–Kier alpha value is -1.65. The number of Topliss-reactive ketones (excluding diaryl/α,β-unsaturated/α-hetero) is 1. The number of ether oxygens (including phenoxy) is 1. The normalized spacial score (nSPS) is 11.6. The van der Waals surface area contributed by atoms with E-state index in [2.05, 4.69) is 6.58 Å². The molecule has 0 aliphatic heterocycles. The molecule has 0 aliphatic carbocycles. The van der Waals surface area contributed by atoms with Crippen molar-refractivity contribution in [2.45, 2.75) is 26.7 Å². The second-order valence-corrected chi connectivity index (χ2v) is 3.62. The summed E-state index contributed by atoms with van der Waals surface area (Å²) in [4.78, 5) is 32.5. The van der Waals surface area contributed by atoms with Crippen LogP contribution in [0.4, 0.5) is 0 Å². The number of esters is 1. The number of carboxylic acid groups (broad SMARTS) is 1. The molecule has 0 fully saturated rings. The van der Waals surface area contributed by atoms with Gasteiger partial charge < -0.3 is 9.84 Å². The molecule has 0 bridgehead atoms. The van der Waals surface area contributed by atoms with Crippen LogP contribution >= 0.6 is 0 Å². The van der Waals surface area contributed by atoms with Crippen molar-refractivity contribution in [2.24, 2.45) is 5.92 Å². The third kappa shape index (κ3) is 5.95. The van der Waals surface area contributed by atoms with Crippen molar-refractivity contribution in [1.82, 2.24) is 0 Å². The standard InChI is InChI=1S/C11H16O5/c1-7(2)11(15)8(3)6-16-10(14)5-4-9(12)13/h8H,1,4-6H2,2-3H3,(H,12,13). The van der Waals surface area contributed by atoms with E-state index in [1.807, 2.05) is 0 Å². The number of carbonyl (C=O) groups is 3. The summed E-state index contributed by atoms with van der Waals surface area (Å²) in [6, 6.07) is 0. The van der Waals surface area contributed by atoms with E-state index in [9.17, 15) is 14.4 Å². The fourth-order valence-electron chi connectivity index (χ4n) is 0.995. The van der Waals surface area contributed by atoms with E-state index < -0.39 is 17.9 Å². The molecule has 0 aromatic heterocycles. The van der Waals surface area contributed by atoms with Gasteiger partial charge in [-0.25, -0.2) is 0 Å². The topological polar surface area (TPSA) is 80.7 Å². The van der Waals surface area contributed by atoms with E-state index in [-0.39, 0.29) is 25.2 Å². The Morgan fingerprint density at radius 2 is 1.88 bits per heavy atom. The maximum atomic E-state index is 11.3. The van der Waals surface area contributed by atoms with Crippen molar-refractivity contribution in [3.05, 3.63) is 12.2 Å². The maximum Gasteiger partial charge on any atom is 0.306 e. The summed E-state index contributed by atoms with van der Waals surface area (Å²) in [7, 11) is 0. The van der Waals surface area contributed by atoms with Crippen LogP contribution in [0.1, 0.15) is 26.7 Å². The number of aliphatic carboxylic acids is 1. The Labute approximate surface area is 94.1 Å². The lowest BCUT2D eigenvalue weighted by Gasteiger charge is -2.10. The fraction of sp³-hybridized carbons (Fsp3) is 0.545. The number of allylic oxidation sites excluding steroid dienone is 1. The largest absolute Gasteiger partial charge is 0.481 e. The molecular formula is C11H16O5. The monoisotopic (exact) mass is 228 g/mol. The van der Waals surface area contributed by atoms with Crippen LogP contribution in [0, 0.1) is 5.92 Å². The van der Waals surface area contributed by atoms with Gasteiger partial charge in [0, 0.05) is 0 Å². The third-order valence-electron chi connectivity index (χ3n) is 1.91. The molecule has 1 atom stereocenters. The summed E-state index contributed by atoms with van der Waals surface area (Å²) in [6.07, 6.45) is -0.440. The Balaban J connectivity index is 3.88. The predicted octanol–water partition coefficient (Wildman–Crippen LogP) is 1.18. The lowest BCUT2D eigenvalue weighted by molar-refractivity contribution is -0.149. The zero-order chi connectivity index (χ0) is 12.7. The van der Waals surface area contributed by atoms with Gasteiger partial charge in [0.05, 0.1) is 18.8 Å². The molecule has 0 heterocycles. The van der Waals surface area contributed by atoms with Crippen LogP contribution in [-0.2, 0) is 19.1 Å². The Morgan fingerprint density at radius 3 is 2.31 bits per heavy atom. The summed E-state index contributed by atoms with van der Waals surface area (Å²) in [5.74, 6) is -2.26. The molecule has 16 heavy (non-hydrogen) atoms. The Kier molecular flexibility index (Phi) is 6.07. The summed E-state index contributed by atoms with van der Waals surface area (Å²) in [6.45, 7) is 6.67. The van der Waals surface area contributed by atoms with E-state index in [4.69, 9.17) is 9.84 Å². The van der Waals surface area contributed by atoms with E-state index in [0.29, 0.717) is 5.57 Å². The van der Waals surface area contributed by atoms with Crippen LogP contribution in [0.25, 0.3) is 0 Å². The van der Waals surface area contributed by atoms with Crippen molar-refractivity contribution in [3.63, 3.8) is 0 Å². The highest BCUT2D eigenvalue weighted by atomic mass is 16.5. The molecule has 1 N–H and O–H groups in total. The van der Waals surface area contributed by atoms with Gasteiger partial charge in [0.15, 0.2) is 5.78 Å². The second kappa shape index (κ2) is 6.76. The molecular weight excluding hydrogens is 212 g/mol. The minimum atomic E-state index is -1.05. The lowest BCUT2D eigenvalue weighted by atomic mass is 10.0. The zero-order valence-corrected chi connectivity index (χ0v) is 9.49. The van der Waals surface area contributed by atoms with Crippen LogP contribution < -0.4 is 0 Å². The van der Waals surface area contributed by atoms with Gasteiger partial charge in [-0.3, -0.25) is 14.4 Å². The summed E-state index contributed by atoms with van der Waals surface area (Å²) in [5, 5.41) is 8.33. The number of carbonyl (C=O) groups excluding carboxylic acids is 2.